The van der Waals surface area contributed by atoms with E-state index in [2.05, 4.69) is 31.3 Å². The molecule has 0 aromatic carbocycles. The molecule has 0 aromatic heterocycles. The molecular formula is C55H105NO5. The van der Waals surface area contributed by atoms with Gasteiger partial charge in [-0.05, 0) is 57.8 Å². The van der Waals surface area contributed by atoms with Crippen molar-refractivity contribution in [2.75, 3.05) is 13.2 Å². The number of rotatable bonds is 50. The molecule has 0 rings (SSSR count). The number of aliphatic hydroxyl groups is 2. The van der Waals surface area contributed by atoms with Crippen molar-refractivity contribution in [3.8, 4) is 0 Å². The first-order valence-corrected chi connectivity index (χ1v) is 27.1. The summed E-state index contributed by atoms with van der Waals surface area (Å²) in [4.78, 5) is 24.5. The van der Waals surface area contributed by atoms with Crippen LogP contribution in [-0.4, -0.2) is 47.4 Å². The van der Waals surface area contributed by atoms with E-state index in [1.165, 1.54) is 205 Å². The summed E-state index contributed by atoms with van der Waals surface area (Å²) < 4.78 is 5.45. The van der Waals surface area contributed by atoms with Gasteiger partial charge in [0.2, 0.25) is 5.91 Å². The molecule has 0 aliphatic carbocycles. The molecular weight excluding hydrogens is 755 g/mol. The summed E-state index contributed by atoms with van der Waals surface area (Å²) in [5.41, 5.74) is 0. The molecule has 61 heavy (non-hydrogen) atoms. The van der Waals surface area contributed by atoms with E-state index in [4.69, 9.17) is 4.74 Å². The van der Waals surface area contributed by atoms with Crippen molar-refractivity contribution in [3.05, 3.63) is 24.3 Å². The van der Waals surface area contributed by atoms with E-state index >= 15 is 0 Å². The second kappa shape index (κ2) is 51.0. The Morgan fingerprint density at radius 3 is 1.18 bits per heavy atom. The summed E-state index contributed by atoms with van der Waals surface area (Å²) in [6, 6.07) is -0.636. The number of esters is 1. The van der Waals surface area contributed by atoms with Crippen molar-refractivity contribution >= 4 is 11.9 Å². The molecule has 0 aliphatic rings. The maximum Gasteiger partial charge on any atom is 0.305 e. The average Bonchev–Trinajstić information content (AvgIpc) is 3.26. The van der Waals surface area contributed by atoms with Gasteiger partial charge < -0.3 is 20.3 Å². The van der Waals surface area contributed by atoms with Crippen LogP contribution in [0.3, 0.4) is 0 Å². The van der Waals surface area contributed by atoms with Crippen molar-refractivity contribution in [1.29, 1.82) is 0 Å². The summed E-state index contributed by atoms with van der Waals surface area (Å²) in [5.74, 6) is -0.0901. The fourth-order valence-electron chi connectivity index (χ4n) is 8.27. The minimum absolute atomic E-state index is 0.0127. The molecule has 360 valence electrons. The summed E-state index contributed by atoms with van der Waals surface area (Å²) in [6.07, 6.45) is 60.3. The van der Waals surface area contributed by atoms with Crippen LogP contribution in [0.25, 0.3) is 0 Å². The van der Waals surface area contributed by atoms with E-state index in [0.29, 0.717) is 19.4 Å². The zero-order chi connectivity index (χ0) is 44.4. The van der Waals surface area contributed by atoms with Crippen molar-refractivity contribution in [2.24, 2.45) is 0 Å². The van der Waals surface area contributed by atoms with Gasteiger partial charge >= 0.3 is 5.97 Å². The number of allylic oxidation sites excluding steroid dienone is 3. The van der Waals surface area contributed by atoms with Gasteiger partial charge in [0, 0.05) is 12.8 Å². The lowest BCUT2D eigenvalue weighted by molar-refractivity contribution is -0.143. The topological polar surface area (TPSA) is 95.9 Å². The molecule has 0 aliphatic heterocycles. The first-order valence-electron chi connectivity index (χ1n) is 27.1. The maximum absolute atomic E-state index is 12.4. The number of carbonyl (C=O) groups is 2. The van der Waals surface area contributed by atoms with Crippen LogP contribution in [0.1, 0.15) is 290 Å². The van der Waals surface area contributed by atoms with E-state index in [1.54, 1.807) is 6.08 Å². The number of amides is 1. The number of nitrogens with one attached hydrogen (secondary N) is 1. The molecule has 0 saturated carbocycles. The molecule has 0 heterocycles. The smallest absolute Gasteiger partial charge is 0.305 e. The minimum atomic E-state index is -0.851. The third-order valence-corrected chi connectivity index (χ3v) is 12.5. The van der Waals surface area contributed by atoms with Crippen molar-refractivity contribution in [3.63, 3.8) is 0 Å². The third kappa shape index (κ3) is 47.7. The first-order chi connectivity index (χ1) is 30.0. The number of hydrogen-bond donors (Lipinski definition) is 3. The predicted molar refractivity (Wildman–Crippen MR) is 264 cm³/mol. The van der Waals surface area contributed by atoms with Crippen molar-refractivity contribution < 1.29 is 24.5 Å². The Morgan fingerprint density at radius 1 is 0.443 bits per heavy atom. The Morgan fingerprint density at radius 2 is 0.770 bits per heavy atom. The largest absolute Gasteiger partial charge is 0.466 e. The Bertz CT molecular complexity index is 951. The van der Waals surface area contributed by atoms with Crippen LogP contribution >= 0.6 is 0 Å². The van der Waals surface area contributed by atoms with Crippen LogP contribution in [0.15, 0.2) is 24.3 Å². The van der Waals surface area contributed by atoms with Gasteiger partial charge in [0.05, 0.1) is 25.4 Å². The van der Waals surface area contributed by atoms with E-state index in [-0.39, 0.29) is 18.5 Å². The van der Waals surface area contributed by atoms with Crippen LogP contribution in [0.2, 0.25) is 0 Å². The van der Waals surface area contributed by atoms with Crippen LogP contribution in [-0.2, 0) is 14.3 Å². The Balaban J connectivity index is 3.48. The zero-order valence-electron chi connectivity index (χ0n) is 40.9. The van der Waals surface area contributed by atoms with Crippen LogP contribution in [0.4, 0.5) is 0 Å². The average molecular weight is 860 g/mol. The molecule has 0 aromatic rings. The van der Waals surface area contributed by atoms with Crippen molar-refractivity contribution in [1.82, 2.24) is 5.32 Å². The number of aliphatic hydroxyl groups excluding tert-OH is 2. The molecule has 3 N–H and O–H groups in total. The highest BCUT2D eigenvalue weighted by Crippen LogP contribution is 2.16. The third-order valence-electron chi connectivity index (χ3n) is 12.5. The minimum Gasteiger partial charge on any atom is -0.466 e. The van der Waals surface area contributed by atoms with Gasteiger partial charge in [-0.25, -0.2) is 0 Å². The predicted octanol–water partition coefficient (Wildman–Crippen LogP) is 16.3. The second-order valence-electron chi connectivity index (χ2n) is 18.6. The van der Waals surface area contributed by atoms with E-state index in [9.17, 15) is 19.8 Å². The molecule has 0 saturated heterocycles. The Labute approximate surface area is 380 Å². The van der Waals surface area contributed by atoms with Gasteiger partial charge in [0.1, 0.15) is 0 Å². The van der Waals surface area contributed by atoms with E-state index in [1.807, 2.05) is 6.08 Å². The fourth-order valence-corrected chi connectivity index (χ4v) is 8.27. The van der Waals surface area contributed by atoms with Gasteiger partial charge in [0.25, 0.3) is 0 Å². The molecule has 2 unspecified atom stereocenters. The van der Waals surface area contributed by atoms with Gasteiger partial charge in [0.15, 0.2) is 0 Å². The summed E-state index contributed by atoms with van der Waals surface area (Å²) in [5, 5.41) is 23.1. The van der Waals surface area contributed by atoms with Crippen LogP contribution in [0.5, 0.6) is 0 Å². The highest BCUT2D eigenvalue weighted by molar-refractivity contribution is 5.76. The molecule has 6 nitrogen and oxygen atoms in total. The van der Waals surface area contributed by atoms with E-state index in [0.717, 1.165) is 57.8 Å². The lowest BCUT2D eigenvalue weighted by Gasteiger charge is -2.20. The zero-order valence-corrected chi connectivity index (χ0v) is 40.9. The summed E-state index contributed by atoms with van der Waals surface area (Å²) in [7, 11) is 0. The molecule has 0 bridgehead atoms. The highest BCUT2D eigenvalue weighted by Gasteiger charge is 2.18. The maximum atomic E-state index is 12.4. The molecule has 6 heteroatoms. The molecule has 0 spiro atoms. The molecule has 0 fully saturated rings. The summed E-state index contributed by atoms with van der Waals surface area (Å²) in [6.45, 7) is 4.87. The number of hydrogen-bond acceptors (Lipinski definition) is 5. The SMILES string of the molecule is CCCCCC/C=C\CCCCCCCC(=O)OCCCCCCCCCCCCCCCCC(=O)NC(CO)C(O)/C=C/CCCCCCCCCCCCCCCCC. The molecule has 0 radical (unpaired) electrons. The Hall–Kier alpha value is -1.66. The van der Waals surface area contributed by atoms with Crippen molar-refractivity contribution in [2.45, 2.75) is 302 Å². The number of ether oxygens (including phenoxy) is 1. The molecule has 1 amide bonds. The van der Waals surface area contributed by atoms with Gasteiger partial charge in [-0.3, -0.25) is 9.59 Å². The monoisotopic (exact) mass is 860 g/mol. The second-order valence-corrected chi connectivity index (χ2v) is 18.6. The van der Waals surface area contributed by atoms with E-state index < -0.39 is 12.1 Å². The highest BCUT2D eigenvalue weighted by atomic mass is 16.5. The van der Waals surface area contributed by atoms with Gasteiger partial charge in [-0.15, -0.1) is 0 Å². The number of carbonyl (C=O) groups excluding carboxylic acids is 2. The van der Waals surface area contributed by atoms with Crippen LogP contribution < -0.4 is 5.32 Å². The standard InChI is InChI=1S/C55H105NO5/c1-3-5-7-9-11-13-15-17-18-19-20-24-27-31-35-39-43-47-53(58)52(51-57)56-54(59)48-44-40-36-32-28-25-21-22-26-30-34-38-42-46-50-61-55(60)49-45-41-37-33-29-23-16-14-12-10-8-6-4-2/h14,16,43,47,52-53,57-58H,3-13,15,17-42,44-46,48-51H2,1-2H3,(H,56,59)/b16-14-,47-43+. The first kappa shape index (κ1) is 59.3. The van der Waals surface area contributed by atoms with Crippen LogP contribution in [0, 0.1) is 0 Å². The Kier molecular flexibility index (Phi) is 49.6. The molecule has 2 atom stereocenters. The van der Waals surface area contributed by atoms with Gasteiger partial charge in [-0.2, -0.15) is 0 Å². The van der Waals surface area contributed by atoms with Gasteiger partial charge in [-0.1, -0.05) is 244 Å². The lowest BCUT2D eigenvalue weighted by Crippen LogP contribution is -2.45. The number of unbranched alkanes of at least 4 members (excludes halogenated alkanes) is 37. The quantitative estimate of drug-likeness (QED) is 0.0322. The fraction of sp³-hybridized carbons (Fsp3) is 0.891. The lowest BCUT2D eigenvalue weighted by atomic mass is 10.0. The normalized spacial score (nSPS) is 12.8. The summed E-state index contributed by atoms with van der Waals surface area (Å²) >= 11 is 0.